The molecule has 0 saturated carbocycles. The van der Waals surface area contributed by atoms with Gasteiger partial charge in [0, 0.05) is 38.8 Å². The van der Waals surface area contributed by atoms with E-state index in [-0.39, 0.29) is 5.92 Å². The van der Waals surface area contributed by atoms with Crippen LogP contribution < -0.4 is 4.90 Å². The number of fused-ring (bicyclic) bond motifs is 1. The Morgan fingerprint density at radius 2 is 1.82 bits per heavy atom. The van der Waals surface area contributed by atoms with Crippen molar-refractivity contribution < 1.29 is 4.79 Å². The number of nitrogens with zero attached hydrogens (tertiary/aromatic N) is 5. The van der Waals surface area contributed by atoms with Crippen LogP contribution in [0.4, 0.5) is 5.82 Å². The van der Waals surface area contributed by atoms with Crippen LogP contribution in [0.5, 0.6) is 0 Å². The number of thiophene rings is 1. The van der Waals surface area contributed by atoms with E-state index in [4.69, 9.17) is 0 Å². The fourth-order valence-corrected chi connectivity index (χ4v) is 5.93. The van der Waals surface area contributed by atoms with Gasteiger partial charge in [-0.1, -0.05) is 0 Å². The number of amides is 1. The first-order valence-electron chi connectivity index (χ1n) is 10.8. The SMILES string of the molecule is O=C([C@@H]1CCCN(C2CCN(c3ncnc4sccc34)CC2)C1)N1CCCC1. The molecule has 3 fully saturated rings. The normalized spacial score (nSPS) is 24.9. The highest BCUT2D eigenvalue weighted by Gasteiger charge is 2.34. The molecule has 0 aliphatic carbocycles. The molecule has 5 heterocycles. The van der Waals surface area contributed by atoms with Crippen LogP contribution in [0.1, 0.15) is 38.5 Å². The van der Waals surface area contributed by atoms with E-state index < -0.39 is 0 Å². The standard InChI is InChI=1S/C21H29N5OS/c27-21(25-8-1-2-9-25)16-4-3-10-26(14-16)17-5-11-24(12-6-17)19-18-7-13-28-20(18)23-15-22-19/h7,13,15-17H,1-6,8-12,14H2/t16-/m1/s1. The zero-order valence-electron chi connectivity index (χ0n) is 16.4. The van der Waals surface area contributed by atoms with Gasteiger partial charge in [-0.15, -0.1) is 11.3 Å². The second kappa shape index (κ2) is 7.95. The van der Waals surface area contributed by atoms with Gasteiger partial charge in [-0.3, -0.25) is 9.69 Å². The van der Waals surface area contributed by atoms with Gasteiger partial charge in [-0.2, -0.15) is 0 Å². The van der Waals surface area contributed by atoms with Gasteiger partial charge in [0.2, 0.25) is 5.91 Å². The lowest BCUT2D eigenvalue weighted by molar-refractivity contribution is -0.136. The highest BCUT2D eigenvalue weighted by molar-refractivity contribution is 7.16. The second-order valence-electron chi connectivity index (χ2n) is 8.42. The Kier molecular flexibility index (Phi) is 5.20. The molecule has 1 amide bonds. The van der Waals surface area contributed by atoms with Crippen LogP contribution >= 0.6 is 11.3 Å². The molecular weight excluding hydrogens is 370 g/mol. The number of aromatic nitrogens is 2. The number of piperidine rings is 2. The first-order valence-corrected chi connectivity index (χ1v) is 11.6. The third-order valence-electron chi connectivity index (χ3n) is 6.74. The highest BCUT2D eigenvalue weighted by Crippen LogP contribution is 2.31. The fraction of sp³-hybridized carbons (Fsp3) is 0.667. The lowest BCUT2D eigenvalue weighted by atomic mass is 9.93. The Morgan fingerprint density at radius 3 is 2.64 bits per heavy atom. The molecule has 0 aromatic carbocycles. The monoisotopic (exact) mass is 399 g/mol. The number of rotatable bonds is 3. The Bertz CT molecular complexity index is 825. The minimum Gasteiger partial charge on any atom is -0.356 e. The molecule has 150 valence electrons. The average molecular weight is 400 g/mol. The van der Waals surface area contributed by atoms with E-state index in [2.05, 4.69) is 36.1 Å². The van der Waals surface area contributed by atoms with Crippen LogP contribution in [0.3, 0.4) is 0 Å². The van der Waals surface area contributed by atoms with Gasteiger partial charge in [0.05, 0.1) is 11.3 Å². The van der Waals surface area contributed by atoms with Gasteiger partial charge in [0.25, 0.3) is 0 Å². The predicted octanol–water partition coefficient (Wildman–Crippen LogP) is 2.99. The van der Waals surface area contributed by atoms with E-state index in [1.807, 2.05) is 0 Å². The number of hydrogen-bond donors (Lipinski definition) is 0. The van der Waals surface area contributed by atoms with Crippen molar-refractivity contribution in [2.24, 2.45) is 5.92 Å². The summed E-state index contributed by atoms with van der Waals surface area (Å²) in [6.07, 6.45) is 8.59. The van der Waals surface area contributed by atoms with Gasteiger partial charge < -0.3 is 9.80 Å². The van der Waals surface area contributed by atoms with Crippen LogP contribution in [0.25, 0.3) is 10.2 Å². The van der Waals surface area contributed by atoms with Crippen molar-refractivity contribution in [1.82, 2.24) is 19.8 Å². The zero-order valence-corrected chi connectivity index (χ0v) is 17.2. The van der Waals surface area contributed by atoms with Gasteiger partial charge in [0.1, 0.15) is 17.0 Å². The van der Waals surface area contributed by atoms with Crippen molar-refractivity contribution in [2.45, 2.75) is 44.6 Å². The van der Waals surface area contributed by atoms with Crippen LogP contribution in [-0.2, 0) is 4.79 Å². The zero-order chi connectivity index (χ0) is 18.9. The molecule has 7 heteroatoms. The molecule has 0 radical (unpaired) electrons. The van der Waals surface area contributed by atoms with E-state index in [9.17, 15) is 4.79 Å². The van der Waals surface area contributed by atoms with Crippen molar-refractivity contribution in [3.63, 3.8) is 0 Å². The largest absolute Gasteiger partial charge is 0.356 e. The number of hydrogen-bond acceptors (Lipinski definition) is 6. The van der Waals surface area contributed by atoms with E-state index in [0.29, 0.717) is 11.9 Å². The lowest BCUT2D eigenvalue weighted by Crippen LogP contribution is -2.51. The summed E-state index contributed by atoms with van der Waals surface area (Å²) in [7, 11) is 0. The number of carbonyl (C=O) groups is 1. The number of carbonyl (C=O) groups excluding carboxylic acids is 1. The molecule has 0 spiro atoms. The molecule has 1 atom stereocenters. The third kappa shape index (κ3) is 3.50. The minimum atomic E-state index is 0.220. The van der Waals surface area contributed by atoms with Gasteiger partial charge in [-0.05, 0) is 56.5 Å². The Balaban J connectivity index is 1.20. The fourth-order valence-electron chi connectivity index (χ4n) is 5.21. The van der Waals surface area contributed by atoms with Crippen molar-refractivity contribution in [2.75, 3.05) is 44.2 Å². The van der Waals surface area contributed by atoms with Gasteiger partial charge >= 0.3 is 0 Å². The van der Waals surface area contributed by atoms with Crippen molar-refractivity contribution in [1.29, 1.82) is 0 Å². The molecule has 0 N–H and O–H groups in total. The Hall–Kier alpha value is -1.73. The molecule has 5 rings (SSSR count). The van der Waals surface area contributed by atoms with Crippen molar-refractivity contribution in [3.05, 3.63) is 17.8 Å². The summed E-state index contributed by atoms with van der Waals surface area (Å²) in [5.41, 5.74) is 0. The lowest BCUT2D eigenvalue weighted by Gasteiger charge is -2.42. The Morgan fingerprint density at radius 1 is 1.00 bits per heavy atom. The molecule has 28 heavy (non-hydrogen) atoms. The molecular formula is C21H29N5OS. The average Bonchev–Trinajstić information content (AvgIpc) is 3.45. The number of likely N-dealkylation sites (tertiary alicyclic amines) is 2. The van der Waals surface area contributed by atoms with E-state index in [1.165, 1.54) is 18.2 Å². The summed E-state index contributed by atoms with van der Waals surface area (Å²) in [5.74, 6) is 1.73. The predicted molar refractivity (Wildman–Crippen MR) is 113 cm³/mol. The molecule has 3 saturated heterocycles. The van der Waals surface area contributed by atoms with Gasteiger partial charge in [-0.25, -0.2) is 9.97 Å². The molecule has 3 aliphatic heterocycles. The maximum Gasteiger partial charge on any atom is 0.226 e. The summed E-state index contributed by atoms with van der Waals surface area (Å²) in [6, 6.07) is 2.74. The summed E-state index contributed by atoms with van der Waals surface area (Å²) in [5, 5.41) is 3.28. The molecule has 3 aliphatic rings. The van der Waals surface area contributed by atoms with Crippen LogP contribution in [0, 0.1) is 5.92 Å². The van der Waals surface area contributed by atoms with Gasteiger partial charge in [0.15, 0.2) is 0 Å². The first kappa shape index (κ1) is 18.3. The second-order valence-corrected chi connectivity index (χ2v) is 9.32. The summed E-state index contributed by atoms with van der Waals surface area (Å²) < 4.78 is 0. The third-order valence-corrected chi connectivity index (χ3v) is 7.56. The molecule has 0 bridgehead atoms. The van der Waals surface area contributed by atoms with Crippen molar-refractivity contribution in [3.8, 4) is 0 Å². The molecule has 0 unspecified atom stereocenters. The summed E-state index contributed by atoms with van der Waals surface area (Å²) in [4.78, 5) is 30.0. The quantitative estimate of drug-likeness (QED) is 0.794. The van der Waals surface area contributed by atoms with E-state index >= 15 is 0 Å². The van der Waals surface area contributed by atoms with Crippen LogP contribution in [0.15, 0.2) is 17.8 Å². The van der Waals surface area contributed by atoms with E-state index in [0.717, 1.165) is 75.6 Å². The van der Waals surface area contributed by atoms with Crippen molar-refractivity contribution >= 4 is 33.3 Å². The Labute approximate surface area is 170 Å². The first-order chi connectivity index (χ1) is 13.8. The molecule has 2 aromatic heterocycles. The minimum absolute atomic E-state index is 0.220. The number of anilines is 1. The molecule has 2 aromatic rings. The maximum absolute atomic E-state index is 12.8. The van der Waals surface area contributed by atoms with E-state index in [1.54, 1.807) is 17.7 Å². The maximum atomic E-state index is 12.8. The summed E-state index contributed by atoms with van der Waals surface area (Å²) in [6.45, 7) is 6.13. The smallest absolute Gasteiger partial charge is 0.226 e. The summed E-state index contributed by atoms with van der Waals surface area (Å²) >= 11 is 1.68. The van der Waals surface area contributed by atoms with Crippen LogP contribution in [0.2, 0.25) is 0 Å². The van der Waals surface area contributed by atoms with Crippen LogP contribution in [-0.4, -0.2) is 71.0 Å². The molecule has 6 nitrogen and oxygen atoms in total. The topological polar surface area (TPSA) is 52.6 Å². The highest BCUT2D eigenvalue weighted by atomic mass is 32.1.